The molecule has 3 heterocycles. The maximum absolute atomic E-state index is 12.4. The molecule has 0 aliphatic carbocycles. The van der Waals surface area contributed by atoms with Gasteiger partial charge in [0.15, 0.2) is 0 Å². The summed E-state index contributed by atoms with van der Waals surface area (Å²) in [7, 11) is 0. The number of carbonyl (C=O) groups is 1. The Bertz CT molecular complexity index is 735. The van der Waals surface area contributed by atoms with Crippen LogP contribution in [0.25, 0.3) is 0 Å². The van der Waals surface area contributed by atoms with Gasteiger partial charge in [0, 0.05) is 31.6 Å². The molecule has 0 saturated carbocycles. The van der Waals surface area contributed by atoms with E-state index in [-0.39, 0.29) is 5.91 Å². The molecule has 1 aromatic heterocycles. The van der Waals surface area contributed by atoms with Crippen molar-refractivity contribution in [3.05, 3.63) is 41.6 Å². The molecule has 4 rings (SSSR count). The van der Waals surface area contributed by atoms with Gasteiger partial charge in [-0.2, -0.15) is 5.10 Å². The minimum Gasteiger partial charge on any atom is -0.493 e. The Hall–Kier alpha value is -2.34. The van der Waals surface area contributed by atoms with E-state index in [1.54, 1.807) is 6.20 Å². The molecule has 0 bridgehead atoms. The van der Waals surface area contributed by atoms with Crippen molar-refractivity contribution in [1.82, 2.24) is 9.78 Å². The number of hydrogen-bond donors (Lipinski definition) is 1. The fraction of sp³-hybridized carbons (Fsp3) is 0.444. The van der Waals surface area contributed by atoms with Crippen LogP contribution in [0.3, 0.4) is 0 Å². The predicted octanol–water partition coefficient (Wildman–Crippen LogP) is 2.04. The van der Waals surface area contributed by atoms with Gasteiger partial charge < -0.3 is 14.8 Å². The number of aromatic nitrogens is 2. The van der Waals surface area contributed by atoms with Gasteiger partial charge in [0.25, 0.3) is 0 Å². The van der Waals surface area contributed by atoms with Crippen molar-refractivity contribution >= 4 is 11.7 Å². The first kappa shape index (κ1) is 15.2. The number of nitrogens with one attached hydrogen (secondary N) is 1. The predicted molar refractivity (Wildman–Crippen MR) is 89.1 cm³/mol. The highest BCUT2D eigenvalue weighted by Crippen LogP contribution is 2.26. The molecule has 1 amide bonds. The van der Waals surface area contributed by atoms with Crippen molar-refractivity contribution < 1.29 is 14.3 Å². The molecule has 126 valence electrons. The van der Waals surface area contributed by atoms with Gasteiger partial charge in [-0.15, -0.1) is 0 Å². The SMILES string of the molecule is O=C(Cc1ccc2c(c1)CCO2)Nc1ccnn1C[C@H]1CCOC1. The zero-order valence-electron chi connectivity index (χ0n) is 13.5. The van der Waals surface area contributed by atoms with Crippen LogP contribution < -0.4 is 10.1 Å². The normalized spacial score (nSPS) is 19.1. The fourth-order valence-corrected chi connectivity index (χ4v) is 3.28. The molecule has 1 fully saturated rings. The van der Waals surface area contributed by atoms with Crippen LogP contribution in [0.4, 0.5) is 5.82 Å². The number of benzene rings is 1. The number of nitrogens with zero attached hydrogens (tertiary/aromatic N) is 2. The maximum Gasteiger partial charge on any atom is 0.229 e. The van der Waals surface area contributed by atoms with Crippen LogP contribution in [0.5, 0.6) is 5.75 Å². The third-order valence-corrected chi connectivity index (χ3v) is 4.56. The highest BCUT2D eigenvalue weighted by molar-refractivity contribution is 5.91. The monoisotopic (exact) mass is 327 g/mol. The first-order chi connectivity index (χ1) is 11.8. The minimum atomic E-state index is -0.0294. The van der Waals surface area contributed by atoms with Gasteiger partial charge in [-0.05, 0) is 23.6 Å². The van der Waals surface area contributed by atoms with Gasteiger partial charge >= 0.3 is 0 Å². The van der Waals surface area contributed by atoms with Gasteiger partial charge in [0.2, 0.25) is 5.91 Å². The van der Waals surface area contributed by atoms with Crippen molar-refractivity contribution in [1.29, 1.82) is 0 Å². The van der Waals surface area contributed by atoms with Crippen molar-refractivity contribution in [3.8, 4) is 5.75 Å². The van der Waals surface area contributed by atoms with Gasteiger partial charge in [0.05, 0.1) is 25.8 Å². The second-order valence-corrected chi connectivity index (χ2v) is 6.39. The fourth-order valence-electron chi connectivity index (χ4n) is 3.28. The Morgan fingerprint density at radius 2 is 2.29 bits per heavy atom. The van der Waals surface area contributed by atoms with Gasteiger partial charge in [0.1, 0.15) is 11.6 Å². The summed E-state index contributed by atoms with van der Waals surface area (Å²) in [6.45, 7) is 3.09. The van der Waals surface area contributed by atoms with E-state index < -0.39 is 0 Å². The lowest BCUT2D eigenvalue weighted by molar-refractivity contribution is -0.115. The van der Waals surface area contributed by atoms with Crippen molar-refractivity contribution in [2.75, 3.05) is 25.1 Å². The summed E-state index contributed by atoms with van der Waals surface area (Å²) in [5, 5.41) is 7.29. The summed E-state index contributed by atoms with van der Waals surface area (Å²) in [4.78, 5) is 12.4. The smallest absolute Gasteiger partial charge is 0.229 e. The number of amides is 1. The van der Waals surface area contributed by atoms with E-state index in [4.69, 9.17) is 9.47 Å². The summed E-state index contributed by atoms with van der Waals surface area (Å²) < 4.78 is 12.8. The molecule has 6 heteroatoms. The van der Waals surface area contributed by atoms with Crippen LogP contribution in [0.2, 0.25) is 0 Å². The number of hydrogen-bond acceptors (Lipinski definition) is 4. The molecule has 1 saturated heterocycles. The third kappa shape index (κ3) is 3.28. The van der Waals surface area contributed by atoms with E-state index in [2.05, 4.69) is 16.5 Å². The molecule has 0 spiro atoms. The lowest BCUT2D eigenvalue weighted by Gasteiger charge is -2.12. The zero-order valence-corrected chi connectivity index (χ0v) is 13.5. The Kier molecular flexibility index (Phi) is 4.21. The first-order valence-corrected chi connectivity index (χ1v) is 8.42. The van der Waals surface area contributed by atoms with Crippen LogP contribution in [-0.2, 0) is 28.9 Å². The number of ether oxygens (including phenoxy) is 2. The van der Waals surface area contributed by atoms with Crippen LogP contribution in [0.1, 0.15) is 17.5 Å². The van der Waals surface area contributed by atoms with Gasteiger partial charge in [-0.3, -0.25) is 4.79 Å². The Morgan fingerprint density at radius 1 is 1.33 bits per heavy atom. The molecule has 0 radical (unpaired) electrons. The van der Waals surface area contributed by atoms with Gasteiger partial charge in [-0.1, -0.05) is 12.1 Å². The molecule has 2 aromatic rings. The molecular formula is C18H21N3O3. The molecule has 1 atom stereocenters. The molecule has 2 aliphatic heterocycles. The molecule has 0 unspecified atom stereocenters. The second kappa shape index (κ2) is 6.65. The van der Waals surface area contributed by atoms with E-state index in [0.29, 0.717) is 12.3 Å². The van der Waals surface area contributed by atoms with Crippen molar-refractivity contribution in [3.63, 3.8) is 0 Å². The van der Waals surface area contributed by atoms with E-state index in [1.807, 2.05) is 22.9 Å². The maximum atomic E-state index is 12.4. The summed E-state index contributed by atoms with van der Waals surface area (Å²) in [6.07, 6.45) is 4.04. The second-order valence-electron chi connectivity index (χ2n) is 6.39. The van der Waals surface area contributed by atoms with E-state index in [9.17, 15) is 4.79 Å². The first-order valence-electron chi connectivity index (χ1n) is 8.42. The van der Waals surface area contributed by atoms with Gasteiger partial charge in [-0.25, -0.2) is 4.68 Å². The molecule has 2 aliphatic rings. The van der Waals surface area contributed by atoms with Crippen LogP contribution in [-0.4, -0.2) is 35.5 Å². The van der Waals surface area contributed by atoms with Crippen molar-refractivity contribution in [2.24, 2.45) is 5.92 Å². The van der Waals surface area contributed by atoms with Crippen LogP contribution >= 0.6 is 0 Å². The summed E-state index contributed by atoms with van der Waals surface area (Å²) in [5.74, 6) is 2.13. The topological polar surface area (TPSA) is 65.4 Å². The Morgan fingerprint density at radius 3 is 3.17 bits per heavy atom. The van der Waals surface area contributed by atoms with Crippen molar-refractivity contribution in [2.45, 2.75) is 25.8 Å². The number of fused-ring (bicyclic) bond motifs is 1. The van der Waals surface area contributed by atoms with E-state index in [1.165, 1.54) is 5.56 Å². The summed E-state index contributed by atoms with van der Waals surface area (Å²) >= 11 is 0. The largest absolute Gasteiger partial charge is 0.493 e. The standard InChI is InChI=1S/C18H21N3O3/c22-18(10-13-1-2-16-15(9-13)5-8-24-16)20-17-3-6-19-21(17)11-14-4-7-23-12-14/h1-3,6,9,14H,4-5,7-8,10-12H2,(H,20,22)/t14-/m1/s1. The minimum absolute atomic E-state index is 0.0294. The van der Waals surface area contributed by atoms with Crippen LogP contribution in [0.15, 0.2) is 30.5 Å². The van der Waals surface area contributed by atoms with Crippen LogP contribution in [0, 0.1) is 5.92 Å². The number of carbonyl (C=O) groups excluding carboxylic acids is 1. The molecule has 1 aromatic carbocycles. The summed E-state index contributed by atoms with van der Waals surface area (Å²) in [5.41, 5.74) is 2.19. The quantitative estimate of drug-likeness (QED) is 0.913. The zero-order chi connectivity index (χ0) is 16.4. The molecule has 6 nitrogen and oxygen atoms in total. The lowest BCUT2D eigenvalue weighted by atomic mass is 10.1. The summed E-state index contributed by atoms with van der Waals surface area (Å²) in [6, 6.07) is 7.81. The molecule has 24 heavy (non-hydrogen) atoms. The number of anilines is 1. The lowest BCUT2D eigenvalue weighted by Crippen LogP contribution is -2.20. The van der Waals surface area contributed by atoms with E-state index >= 15 is 0 Å². The number of rotatable bonds is 5. The Labute approximate surface area is 140 Å². The third-order valence-electron chi connectivity index (χ3n) is 4.56. The highest BCUT2D eigenvalue weighted by atomic mass is 16.5. The van der Waals surface area contributed by atoms with E-state index in [0.717, 1.165) is 56.3 Å². The average Bonchev–Trinajstić information content (AvgIpc) is 3.30. The molecular weight excluding hydrogens is 306 g/mol. The highest BCUT2D eigenvalue weighted by Gasteiger charge is 2.18. The molecule has 1 N–H and O–H groups in total. The Balaban J connectivity index is 1.38. The average molecular weight is 327 g/mol.